The summed E-state index contributed by atoms with van der Waals surface area (Å²) in [4.78, 5) is 0. The van der Waals surface area contributed by atoms with Crippen LogP contribution in [0.3, 0.4) is 0 Å². The summed E-state index contributed by atoms with van der Waals surface area (Å²) < 4.78 is 12.1. The maximum atomic E-state index is 6.06. The quantitative estimate of drug-likeness (QED) is 0.287. The number of hydrogen-bond acceptors (Lipinski definition) is 2. The molecule has 0 amide bonds. The molecule has 2 aliphatic carbocycles. The number of halogens is 2. The second-order valence-corrected chi connectivity index (χ2v) is 18.2. The van der Waals surface area contributed by atoms with Gasteiger partial charge in [0.05, 0.1) is 0 Å². The van der Waals surface area contributed by atoms with Crippen LogP contribution in [-0.4, -0.2) is 29.8 Å². The van der Waals surface area contributed by atoms with Crippen LogP contribution >= 0.6 is 0 Å². The summed E-state index contributed by atoms with van der Waals surface area (Å²) in [5.41, 5.74) is 5.58. The molecule has 0 aromatic heterocycles. The zero-order chi connectivity index (χ0) is 19.4. The molecule has 0 spiro atoms. The monoisotopic (exact) mass is 548 g/mol. The van der Waals surface area contributed by atoms with Crippen LogP contribution in [0, 0.1) is 18.1 Å². The third kappa shape index (κ3) is 11.3. The molecule has 0 atom stereocenters. The van der Waals surface area contributed by atoms with Crippen LogP contribution in [0.5, 0.6) is 0 Å². The van der Waals surface area contributed by atoms with E-state index >= 15 is 0 Å². The van der Waals surface area contributed by atoms with Gasteiger partial charge in [0.25, 0.3) is 0 Å². The van der Waals surface area contributed by atoms with Crippen LogP contribution in [0.4, 0.5) is 0 Å². The van der Waals surface area contributed by atoms with Crippen molar-refractivity contribution in [3.05, 3.63) is 46.6 Å². The SMILES string of the molecule is CC(C1=[C-]CC=C1CCO[Si](C)(C)C)C1=[C-]CC=C1CCO[Si](C)(C)C.[Cl-].[Cl-].[Zr+4]. The van der Waals surface area contributed by atoms with Crippen molar-refractivity contribution in [3.63, 3.8) is 0 Å². The van der Waals surface area contributed by atoms with Gasteiger partial charge in [0.15, 0.2) is 16.6 Å². The van der Waals surface area contributed by atoms with Gasteiger partial charge < -0.3 is 33.7 Å². The third-order valence-corrected chi connectivity index (χ3v) is 6.79. The smallest absolute Gasteiger partial charge is 1.00 e. The van der Waals surface area contributed by atoms with E-state index in [0.717, 1.165) is 38.9 Å². The molecule has 0 heterocycles. The summed E-state index contributed by atoms with van der Waals surface area (Å²) in [5.74, 6) is 0.372. The predicted octanol–water partition coefficient (Wildman–Crippen LogP) is 0.231. The average molecular weight is 551 g/mol. The van der Waals surface area contributed by atoms with Crippen molar-refractivity contribution in [3.8, 4) is 0 Å². The molecule has 162 valence electrons. The van der Waals surface area contributed by atoms with Gasteiger partial charge >= 0.3 is 26.2 Å². The van der Waals surface area contributed by atoms with Gasteiger partial charge in [-0.1, -0.05) is 25.7 Å². The number of rotatable bonds is 10. The van der Waals surface area contributed by atoms with Crippen molar-refractivity contribution in [1.82, 2.24) is 0 Å². The van der Waals surface area contributed by atoms with Crippen LogP contribution in [0.1, 0.15) is 32.6 Å². The minimum atomic E-state index is -1.44. The molecule has 0 aliphatic heterocycles. The summed E-state index contributed by atoms with van der Waals surface area (Å²) in [6.45, 7) is 17.5. The molecule has 0 aromatic rings. The Morgan fingerprint density at radius 2 is 1.14 bits per heavy atom. The zero-order valence-corrected chi connectivity index (χ0v) is 25.0. The Morgan fingerprint density at radius 1 is 0.793 bits per heavy atom. The van der Waals surface area contributed by atoms with E-state index in [-0.39, 0.29) is 51.0 Å². The second kappa shape index (κ2) is 14.0. The summed E-state index contributed by atoms with van der Waals surface area (Å²) >= 11 is 0. The fourth-order valence-corrected chi connectivity index (χ4v) is 4.86. The Bertz CT molecular complexity index is 576. The summed E-state index contributed by atoms with van der Waals surface area (Å²) in [6.07, 6.45) is 15.7. The van der Waals surface area contributed by atoms with E-state index in [4.69, 9.17) is 8.85 Å². The van der Waals surface area contributed by atoms with Crippen molar-refractivity contribution in [1.29, 1.82) is 0 Å². The first-order valence-electron chi connectivity index (χ1n) is 9.95. The predicted molar refractivity (Wildman–Crippen MR) is 116 cm³/mol. The van der Waals surface area contributed by atoms with E-state index in [9.17, 15) is 0 Å². The Morgan fingerprint density at radius 3 is 1.45 bits per heavy atom. The van der Waals surface area contributed by atoms with Gasteiger partial charge in [-0.2, -0.15) is 23.3 Å². The first-order valence-corrected chi connectivity index (χ1v) is 16.8. The van der Waals surface area contributed by atoms with Crippen molar-refractivity contribution < 1.29 is 59.9 Å². The standard InChI is InChI=1S/C22H36O2Si2.2ClH.Zr/c1-18(21-12-8-10-19(21)14-16-23-25(2,3)4)22-13-9-11-20(22)15-17-24-26(5,6)7;;;/h10-11,18H,8-9,14-17H2,1-7H3;2*1H;/q-2;;;+4/p-2. The zero-order valence-electron chi connectivity index (χ0n) is 19.0. The molecular weight excluding hydrogens is 515 g/mol. The molecule has 0 saturated heterocycles. The fraction of sp³-hybridized carbons (Fsp3) is 0.636. The molecular formula is C22H36Cl2O2Si2Zr. The van der Waals surface area contributed by atoms with Gasteiger partial charge in [-0.15, -0.1) is 12.8 Å². The molecule has 0 N–H and O–H groups in total. The van der Waals surface area contributed by atoms with Crippen LogP contribution in [0.25, 0.3) is 0 Å². The average Bonchev–Trinajstić information content (AvgIpc) is 3.13. The van der Waals surface area contributed by atoms with Crippen molar-refractivity contribution >= 4 is 16.6 Å². The maximum Gasteiger partial charge on any atom is 4.00 e. The van der Waals surface area contributed by atoms with Gasteiger partial charge in [0.1, 0.15) is 0 Å². The Kier molecular flexibility index (Phi) is 15.5. The van der Waals surface area contributed by atoms with E-state index in [2.05, 4.69) is 70.5 Å². The van der Waals surface area contributed by atoms with E-state index in [1.165, 1.54) is 22.3 Å². The van der Waals surface area contributed by atoms with Gasteiger partial charge in [-0.05, 0) is 39.3 Å². The first-order chi connectivity index (χ1) is 12.1. The summed E-state index contributed by atoms with van der Waals surface area (Å²) in [5, 5.41) is 0. The van der Waals surface area contributed by atoms with Crippen molar-refractivity contribution in [2.24, 2.45) is 5.92 Å². The van der Waals surface area contributed by atoms with Crippen LogP contribution in [-0.2, 0) is 35.1 Å². The Labute approximate surface area is 212 Å². The number of hydrogen-bond donors (Lipinski definition) is 0. The second-order valence-electron chi connectivity index (χ2n) is 9.19. The molecule has 2 aliphatic rings. The van der Waals surface area contributed by atoms with Gasteiger partial charge in [0, 0.05) is 13.2 Å². The van der Waals surface area contributed by atoms with Crippen LogP contribution in [0.15, 0.2) is 34.4 Å². The molecule has 0 saturated carbocycles. The van der Waals surface area contributed by atoms with E-state index < -0.39 is 16.6 Å². The molecule has 2 nitrogen and oxygen atoms in total. The van der Waals surface area contributed by atoms with E-state index in [0.29, 0.717) is 5.92 Å². The third-order valence-electron chi connectivity index (χ3n) is 4.65. The first kappa shape index (κ1) is 32.0. The minimum absolute atomic E-state index is 0. The molecule has 29 heavy (non-hydrogen) atoms. The van der Waals surface area contributed by atoms with Crippen molar-refractivity contribution in [2.45, 2.75) is 71.9 Å². The number of allylic oxidation sites excluding steroid dienone is 6. The van der Waals surface area contributed by atoms with Crippen molar-refractivity contribution in [2.75, 3.05) is 13.2 Å². The Hall–Kier alpha value is 0.777. The molecule has 7 heteroatoms. The Balaban J connectivity index is 0. The van der Waals surface area contributed by atoms with Crippen LogP contribution < -0.4 is 24.8 Å². The molecule has 0 bridgehead atoms. The maximum absolute atomic E-state index is 6.06. The topological polar surface area (TPSA) is 18.5 Å². The molecule has 0 unspecified atom stereocenters. The summed E-state index contributed by atoms with van der Waals surface area (Å²) in [6, 6.07) is 0. The fourth-order valence-electron chi connectivity index (χ4n) is 3.43. The van der Waals surface area contributed by atoms with Gasteiger partial charge in [-0.3, -0.25) is 12.2 Å². The summed E-state index contributed by atoms with van der Waals surface area (Å²) in [7, 11) is -2.88. The van der Waals surface area contributed by atoms with Crippen LogP contribution in [0.2, 0.25) is 39.3 Å². The molecule has 0 fully saturated rings. The molecule has 2 rings (SSSR count). The van der Waals surface area contributed by atoms with E-state index in [1.807, 2.05) is 0 Å². The molecule has 0 radical (unpaired) electrons. The largest absolute Gasteiger partial charge is 4.00 e. The van der Waals surface area contributed by atoms with Gasteiger partial charge in [0.2, 0.25) is 0 Å². The van der Waals surface area contributed by atoms with E-state index in [1.54, 1.807) is 0 Å². The molecule has 0 aromatic carbocycles. The minimum Gasteiger partial charge on any atom is -1.00 e. The van der Waals surface area contributed by atoms with Gasteiger partial charge in [-0.25, -0.2) is 11.1 Å². The normalized spacial score (nSPS) is 16.3.